The lowest BCUT2D eigenvalue weighted by molar-refractivity contribution is 0.0522. The van der Waals surface area contributed by atoms with Crippen molar-refractivity contribution in [3.63, 3.8) is 0 Å². The molecule has 3 rings (SSSR count). The fourth-order valence-corrected chi connectivity index (χ4v) is 2.57. The van der Waals surface area contributed by atoms with Crippen molar-refractivity contribution < 1.29 is 13.9 Å². The second-order valence-corrected chi connectivity index (χ2v) is 5.71. The molecule has 0 atom stereocenters. The molecular weight excluding hydrogens is 344 g/mol. The third-order valence-corrected chi connectivity index (χ3v) is 3.89. The van der Waals surface area contributed by atoms with Gasteiger partial charge in [-0.2, -0.15) is 0 Å². The molecule has 7 heteroatoms. The minimum absolute atomic E-state index is 0.162. The Morgan fingerprint density at radius 2 is 2.04 bits per heavy atom. The number of rotatable bonds is 4. The molecule has 0 unspecified atom stereocenters. The van der Waals surface area contributed by atoms with E-state index in [0.717, 1.165) is 6.26 Å². The lowest BCUT2D eigenvalue weighted by Crippen LogP contribution is -2.20. The van der Waals surface area contributed by atoms with Crippen LogP contribution in [0.1, 0.15) is 17.3 Å². The first-order valence-electron chi connectivity index (χ1n) is 7.59. The van der Waals surface area contributed by atoms with E-state index in [-0.39, 0.29) is 17.7 Å². The molecule has 0 saturated carbocycles. The Balaban J connectivity index is 2.27. The predicted octanol–water partition coefficient (Wildman–Crippen LogP) is 3.54. The lowest BCUT2D eigenvalue weighted by Gasteiger charge is -2.10. The highest BCUT2D eigenvalue weighted by Gasteiger charge is 2.24. The van der Waals surface area contributed by atoms with Gasteiger partial charge in [0.15, 0.2) is 0 Å². The fraction of sp³-hybridized carbons (Fsp3) is 0.167. The van der Waals surface area contributed by atoms with Gasteiger partial charge in [0, 0.05) is 30.0 Å². The first-order chi connectivity index (χ1) is 12.0. The van der Waals surface area contributed by atoms with Crippen molar-refractivity contribution in [3.8, 4) is 22.7 Å². The summed E-state index contributed by atoms with van der Waals surface area (Å²) in [5, 5.41) is 0.563. The SMILES string of the molecule is CCOC(=O)c1coc(-c2ccc(Cl)cc2)c(-c2nccn2C)c1=O. The van der Waals surface area contributed by atoms with E-state index in [1.54, 1.807) is 55.2 Å². The minimum atomic E-state index is -0.727. The number of ether oxygens (including phenoxy) is 1. The van der Waals surface area contributed by atoms with Crippen LogP contribution in [0.15, 0.2) is 52.1 Å². The maximum atomic E-state index is 13.0. The number of carbonyl (C=O) groups excluding carboxylic acids is 1. The Bertz CT molecular complexity index is 973. The summed E-state index contributed by atoms with van der Waals surface area (Å²) >= 11 is 5.93. The summed E-state index contributed by atoms with van der Waals surface area (Å²) in [6.45, 7) is 1.83. The van der Waals surface area contributed by atoms with Gasteiger partial charge < -0.3 is 13.7 Å². The van der Waals surface area contributed by atoms with Gasteiger partial charge in [-0.05, 0) is 31.2 Å². The summed E-state index contributed by atoms with van der Waals surface area (Å²) in [5.41, 5.74) is 0.178. The van der Waals surface area contributed by atoms with Gasteiger partial charge in [0.2, 0.25) is 5.43 Å². The van der Waals surface area contributed by atoms with E-state index in [2.05, 4.69) is 4.98 Å². The molecule has 0 bridgehead atoms. The van der Waals surface area contributed by atoms with Gasteiger partial charge in [0.05, 0.1) is 6.61 Å². The van der Waals surface area contributed by atoms with Crippen LogP contribution in [0.3, 0.4) is 0 Å². The van der Waals surface area contributed by atoms with Gasteiger partial charge in [-0.1, -0.05) is 11.6 Å². The fourth-order valence-electron chi connectivity index (χ4n) is 2.44. The maximum Gasteiger partial charge on any atom is 0.345 e. The average Bonchev–Trinajstić information content (AvgIpc) is 3.01. The number of halogens is 1. The molecular formula is C18H15ClN2O4. The van der Waals surface area contributed by atoms with Crippen molar-refractivity contribution in [1.29, 1.82) is 0 Å². The molecule has 6 nitrogen and oxygen atoms in total. The second kappa shape index (κ2) is 6.94. The molecule has 128 valence electrons. The van der Waals surface area contributed by atoms with Crippen LogP contribution in [-0.4, -0.2) is 22.1 Å². The summed E-state index contributed by atoms with van der Waals surface area (Å²) in [5.74, 6) is -0.0248. The maximum absolute atomic E-state index is 13.0. The van der Waals surface area contributed by atoms with Gasteiger partial charge in [-0.15, -0.1) is 0 Å². The predicted molar refractivity (Wildman–Crippen MR) is 93.6 cm³/mol. The highest BCUT2D eigenvalue weighted by Crippen LogP contribution is 2.30. The lowest BCUT2D eigenvalue weighted by atomic mass is 10.0. The number of aryl methyl sites for hydroxylation is 1. The van der Waals surface area contributed by atoms with Crippen LogP contribution < -0.4 is 5.43 Å². The van der Waals surface area contributed by atoms with Crippen molar-refractivity contribution >= 4 is 17.6 Å². The van der Waals surface area contributed by atoms with E-state index in [1.807, 2.05) is 0 Å². The number of hydrogen-bond acceptors (Lipinski definition) is 5. The van der Waals surface area contributed by atoms with E-state index in [4.69, 9.17) is 20.8 Å². The van der Waals surface area contributed by atoms with Crippen molar-refractivity contribution in [1.82, 2.24) is 9.55 Å². The summed E-state index contributed by atoms with van der Waals surface area (Å²) in [7, 11) is 1.75. The zero-order valence-corrected chi connectivity index (χ0v) is 14.4. The first-order valence-corrected chi connectivity index (χ1v) is 7.97. The number of imidazole rings is 1. The standard InChI is InChI=1S/C18H15ClN2O4/c1-3-24-18(23)13-10-25-16(11-4-6-12(19)7-5-11)14(15(13)22)17-20-8-9-21(17)2/h4-10H,3H2,1-2H3. The van der Waals surface area contributed by atoms with Crippen molar-refractivity contribution in [2.75, 3.05) is 6.61 Å². The molecule has 0 amide bonds. The van der Waals surface area contributed by atoms with Crippen molar-refractivity contribution in [3.05, 3.63) is 63.7 Å². The molecule has 0 spiro atoms. The molecule has 25 heavy (non-hydrogen) atoms. The van der Waals surface area contributed by atoms with Gasteiger partial charge in [0.1, 0.15) is 29.0 Å². The molecule has 2 heterocycles. The Morgan fingerprint density at radius 1 is 1.32 bits per heavy atom. The Morgan fingerprint density at radius 3 is 2.64 bits per heavy atom. The Hall–Kier alpha value is -2.86. The normalized spacial score (nSPS) is 10.7. The smallest absolute Gasteiger partial charge is 0.345 e. The summed E-state index contributed by atoms with van der Waals surface area (Å²) < 4.78 is 12.3. The number of carbonyl (C=O) groups is 1. The van der Waals surface area contributed by atoms with Gasteiger partial charge >= 0.3 is 5.97 Å². The number of benzene rings is 1. The van der Waals surface area contributed by atoms with Crippen LogP contribution in [-0.2, 0) is 11.8 Å². The molecule has 0 saturated heterocycles. The van der Waals surface area contributed by atoms with Gasteiger partial charge in [-0.25, -0.2) is 9.78 Å². The summed E-state index contributed by atoms with van der Waals surface area (Å²) in [6.07, 6.45) is 4.39. The number of aromatic nitrogens is 2. The Labute approximate surface area is 148 Å². The third-order valence-electron chi connectivity index (χ3n) is 3.64. The zero-order chi connectivity index (χ0) is 18.0. The van der Waals surface area contributed by atoms with Crippen LogP contribution in [0.2, 0.25) is 5.02 Å². The molecule has 0 aliphatic heterocycles. The third kappa shape index (κ3) is 3.21. The molecule has 3 aromatic rings. The molecule has 0 aliphatic carbocycles. The van der Waals surface area contributed by atoms with Crippen molar-refractivity contribution in [2.45, 2.75) is 6.92 Å². The Kier molecular flexibility index (Phi) is 4.72. The van der Waals surface area contributed by atoms with Gasteiger partial charge in [-0.3, -0.25) is 4.79 Å². The van der Waals surface area contributed by atoms with Crippen LogP contribution >= 0.6 is 11.6 Å². The topological polar surface area (TPSA) is 74.3 Å². The highest BCUT2D eigenvalue weighted by molar-refractivity contribution is 6.30. The zero-order valence-electron chi connectivity index (χ0n) is 13.7. The van der Waals surface area contributed by atoms with E-state index in [1.165, 1.54) is 0 Å². The van der Waals surface area contributed by atoms with Gasteiger partial charge in [0.25, 0.3) is 0 Å². The molecule has 0 N–H and O–H groups in total. The minimum Gasteiger partial charge on any atom is -0.462 e. The van der Waals surface area contributed by atoms with Crippen LogP contribution in [0.5, 0.6) is 0 Å². The van der Waals surface area contributed by atoms with Crippen molar-refractivity contribution in [2.24, 2.45) is 7.05 Å². The van der Waals surface area contributed by atoms with Crippen LogP contribution in [0, 0.1) is 0 Å². The average molecular weight is 359 g/mol. The molecule has 0 fully saturated rings. The van der Waals surface area contributed by atoms with E-state index < -0.39 is 11.4 Å². The van der Waals surface area contributed by atoms with E-state index in [9.17, 15) is 9.59 Å². The summed E-state index contributed by atoms with van der Waals surface area (Å²) in [4.78, 5) is 29.2. The molecule has 2 aromatic heterocycles. The first kappa shape index (κ1) is 17.0. The number of esters is 1. The van der Waals surface area contributed by atoms with Crippen LogP contribution in [0.4, 0.5) is 0 Å². The van der Waals surface area contributed by atoms with E-state index in [0.29, 0.717) is 22.2 Å². The molecule has 1 aromatic carbocycles. The molecule has 0 aliphatic rings. The highest BCUT2D eigenvalue weighted by atomic mass is 35.5. The monoisotopic (exact) mass is 358 g/mol. The molecule has 0 radical (unpaired) electrons. The number of nitrogens with zero attached hydrogens (tertiary/aromatic N) is 2. The number of hydrogen-bond donors (Lipinski definition) is 0. The van der Waals surface area contributed by atoms with Crippen LogP contribution in [0.25, 0.3) is 22.7 Å². The van der Waals surface area contributed by atoms with E-state index >= 15 is 0 Å². The second-order valence-electron chi connectivity index (χ2n) is 5.27. The quantitative estimate of drug-likeness (QED) is 0.667. The summed E-state index contributed by atoms with van der Waals surface area (Å²) in [6, 6.07) is 6.85. The largest absolute Gasteiger partial charge is 0.462 e.